The minimum Gasteiger partial charge on any atom is -0.397 e. The van der Waals surface area contributed by atoms with Crippen molar-refractivity contribution in [3.63, 3.8) is 0 Å². The summed E-state index contributed by atoms with van der Waals surface area (Å²) in [6, 6.07) is 5.90. The van der Waals surface area contributed by atoms with Gasteiger partial charge in [0.25, 0.3) is 0 Å². The van der Waals surface area contributed by atoms with Gasteiger partial charge in [-0.15, -0.1) is 0 Å². The highest BCUT2D eigenvalue weighted by atomic mass is 32.1. The number of fused-ring (bicyclic) bond motifs is 1. The summed E-state index contributed by atoms with van der Waals surface area (Å²) in [5, 5.41) is 0.983. The van der Waals surface area contributed by atoms with Crippen molar-refractivity contribution in [1.29, 1.82) is 0 Å². The lowest BCUT2D eigenvalue weighted by Gasteiger charge is -2.12. The second kappa shape index (κ2) is 5.27. The first kappa shape index (κ1) is 14.3. The van der Waals surface area contributed by atoms with Gasteiger partial charge in [-0.1, -0.05) is 24.4 Å². The number of nitrogen functional groups attached to an aromatic ring is 3. The lowest BCUT2D eigenvalue weighted by Crippen LogP contribution is -2.06. The number of hydrogen-bond acceptors (Lipinski definition) is 6. The van der Waals surface area contributed by atoms with E-state index < -0.39 is 0 Å². The van der Waals surface area contributed by atoms with Gasteiger partial charge in [0.2, 0.25) is 0 Å². The number of benzene rings is 1. The van der Waals surface area contributed by atoms with Gasteiger partial charge in [0.05, 0.1) is 11.2 Å². The van der Waals surface area contributed by atoms with E-state index in [2.05, 4.69) is 15.0 Å². The number of nitrogens with one attached hydrogen (secondary N) is 1. The Morgan fingerprint density at radius 1 is 1.27 bits per heavy atom. The number of rotatable bonds is 2. The van der Waals surface area contributed by atoms with Crippen molar-refractivity contribution < 1.29 is 0 Å². The number of aromatic nitrogens is 3. The summed E-state index contributed by atoms with van der Waals surface area (Å²) in [4.78, 5) is 11.3. The lowest BCUT2D eigenvalue weighted by molar-refractivity contribution is 1.08. The van der Waals surface area contributed by atoms with Crippen molar-refractivity contribution in [2.45, 2.75) is 13.3 Å². The summed E-state index contributed by atoms with van der Waals surface area (Å²) in [6.07, 6.45) is 2.27. The van der Waals surface area contributed by atoms with Crippen molar-refractivity contribution in [2.75, 3.05) is 17.2 Å². The van der Waals surface area contributed by atoms with Crippen LogP contribution in [0.3, 0.4) is 0 Å². The zero-order valence-electron chi connectivity index (χ0n) is 12.1. The Kier molecular flexibility index (Phi) is 3.42. The number of aryl methyl sites for hydroxylation is 1. The molecule has 1 aromatic carbocycles. The Balaban J connectivity index is 2.21. The minimum absolute atomic E-state index is 0.214. The summed E-state index contributed by atoms with van der Waals surface area (Å²) in [7, 11) is 0. The number of anilines is 3. The molecule has 22 heavy (non-hydrogen) atoms. The van der Waals surface area contributed by atoms with Crippen LogP contribution in [0.5, 0.6) is 0 Å². The number of nitrogens with zero attached hydrogens (tertiary/aromatic N) is 2. The molecule has 2 heterocycles. The molecule has 7 N–H and O–H groups in total. The third-order valence-corrected chi connectivity index (χ3v) is 4.00. The van der Waals surface area contributed by atoms with Crippen LogP contribution in [0.2, 0.25) is 0 Å². The molecule has 3 rings (SSSR count). The van der Waals surface area contributed by atoms with Crippen LogP contribution in [0.15, 0.2) is 24.4 Å². The predicted molar refractivity (Wildman–Crippen MR) is 91.9 cm³/mol. The molecule has 0 fully saturated rings. The van der Waals surface area contributed by atoms with E-state index in [1.54, 1.807) is 6.20 Å². The number of H-pyrrole nitrogens is 1. The van der Waals surface area contributed by atoms with Crippen molar-refractivity contribution in [3.05, 3.63) is 45.7 Å². The van der Waals surface area contributed by atoms with Gasteiger partial charge in [-0.3, -0.25) is 4.98 Å². The topological polar surface area (TPSA) is 120 Å². The fraction of sp³-hybridized carbons (Fsp3) is 0.133. The molecule has 6 nitrogen and oxygen atoms in total. The van der Waals surface area contributed by atoms with Crippen LogP contribution in [-0.4, -0.2) is 15.0 Å². The second-order valence-corrected chi connectivity index (χ2v) is 5.55. The first-order valence-corrected chi connectivity index (χ1v) is 7.15. The van der Waals surface area contributed by atoms with E-state index in [-0.39, 0.29) is 5.95 Å². The van der Waals surface area contributed by atoms with Crippen LogP contribution in [0.1, 0.15) is 16.7 Å². The molecule has 0 radical (unpaired) electrons. The van der Waals surface area contributed by atoms with Gasteiger partial charge < -0.3 is 22.2 Å². The lowest BCUT2D eigenvalue weighted by atomic mass is 9.98. The maximum atomic E-state index is 6.12. The Hall–Kier alpha value is -2.67. The van der Waals surface area contributed by atoms with Crippen LogP contribution in [0.4, 0.5) is 17.5 Å². The molecule has 3 aromatic rings. The largest absolute Gasteiger partial charge is 0.397 e. The van der Waals surface area contributed by atoms with E-state index in [0.29, 0.717) is 22.6 Å². The smallest absolute Gasteiger partial charge is 0.200 e. The number of hydrogen-bond donors (Lipinski definition) is 4. The Labute approximate surface area is 132 Å². The third-order valence-electron chi connectivity index (χ3n) is 3.66. The van der Waals surface area contributed by atoms with Gasteiger partial charge in [0, 0.05) is 23.6 Å². The standard InChI is InChI=1S/C15H16N6S/c1-7-5-8(9-3-2-4-19-12(9)11(7)16)6-10-13(17)20-15(18)21-14(10)22/h2-5H,6,16H2,1H3,(H5,17,18,20,21,22). The van der Waals surface area contributed by atoms with Crippen molar-refractivity contribution in [1.82, 2.24) is 15.0 Å². The van der Waals surface area contributed by atoms with Gasteiger partial charge in [0.1, 0.15) is 10.5 Å². The molecule has 0 atom stereocenters. The highest BCUT2D eigenvalue weighted by molar-refractivity contribution is 7.71. The molecule has 112 valence electrons. The number of nitrogens with two attached hydrogens (primary N) is 3. The summed E-state index contributed by atoms with van der Waals surface area (Å²) in [5.74, 6) is 0.648. The van der Waals surface area contributed by atoms with Crippen LogP contribution in [0.25, 0.3) is 10.9 Å². The second-order valence-electron chi connectivity index (χ2n) is 5.16. The summed E-state index contributed by atoms with van der Waals surface area (Å²) >= 11 is 5.28. The van der Waals surface area contributed by atoms with Crippen LogP contribution in [0, 0.1) is 11.6 Å². The zero-order chi connectivity index (χ0) is 15.9. The van der Waals surface area contributed by atoms with E-state index in [9.17, 15) is 0 Å². The number of pyridine rings is 1. The summed E-state index contributed by atoms with van der Waals surface area (Å²) in [6.45, 7) is 1.96. The SMILES string of the molecule is Cc1cc(Cc2c(N)[nH]c(N)nc2=S)c2cccnc2c1N. The van der Waals surface area contributed by atoms with Gasteiger partial charge in [-0.05, 0) is 24.1 Å². The minimum atomic E-state index is 0.214. The molecule has 0 amide bonds. The maximum absolute atomic E-state index is 6.12. The van der Waals surface area contributed by atoms with Gasteiger partial charge in [0.15, 0.2) is 5.95 Å². The summed E-state index contributed by atoms with van der Waals surface area (Å²) in [5.41, 5.74) is 22.0. The molecule has 0 unspecified atom stereocenters. The van der Waals surface area contributed by atoms with Crippen molar-refractivity contribution >= 4 is 40.6 Å². The van der Waals surface area contributed by atoms with E-state index >= 15 is 0 Å². The fourth-order valence-electron chi connectivity index (χ4n) is 2.52. The molecule has 0 saturated heterocycles. The first-order valence-electron chi connectivity index (χ1n) is 6.74. The molecule has 0 bridgehead atoms. The van der Waals surface area contributed by atoms with Crippen LogP contribution < -0.4 is 17.2 Å². The average Bonchev–Trinajstić information content (AvgIpc) is 2.47. The normalized spacial score (nSPS) is 11.0. The van der Waals surface area contributed by atoms with E-state index in [0.717, 1.165) is 27.6 Å². The quantitative estimate of drug-likeness (QED) is 0.426. The fourth-order valence-corrected chi connectivity index (χ4v) is 2.80. The van der Waals surface area contributed by atoms with Crippen molar-refractivity contribution in [3.8, 4) is 0 Å². The van der Waals surface area contributed by atoms with Crippen molar-refractivity contribution in [2.24, 2.45) is 0 Å². The molecule has 0 aliphatic rings. The van der Waals surface area contributed by atoms with Crippen LogP contribution in [-0.2, 0) is 6.42 Å². The highest BCUT2D eigenvalue weighted by Gasteiger charge is 2.12. The molecule has 0 saturated carbocycles. The molecule has 0 aliphatic carbocycles. The van der Waals surface area contributed by atoms with Crippen LogP contribution >= 0.6 is 12.2 Å². The summed E-state index contributed by atoms with van der Waals surface area (Å²) < 4.78 is 0.403. The van der Waals surface area contributed by atoms with E-state index in [4.69, 9.17) is 29.4 Å². The van der Waals surface area contributed by atoms with Gasteiger partial charge >= 0.3 is 0 Å². The molecular formula is C15H16N6S. The first-order chi connectivity index (χ1) is 10.5. The van der Waals surface area contributed by atoms with Gasteiger partial charge in [-0.25, -0.2) is 4.98 Å². The molecular weight excluding hydrogens is 296 g/mol. The number of aromatic amines is 1. The van der Waals surface area contributed by atoms with E-state index in [1.807, 2.05) is 25.1 Å². The molecule has 0 aliphatic heterocycles. The molecule has 0 spiro atoms. The monoisotopic (exact) mass is 312 g/mol. The predicted octanol–water partition coefficient (Wildman–Crippen LogP) is 2.33. The average molecular weight is 312 g/mol. The Morgan fingerprint density at radius 2 is 2.05 bits per heavy atom. The molecule has 7 heteroatoms. The van der Waals surface area contributed by atoms with E-state index in [1.165, 1.54) is 0 Å². The Bertz CT molecular complexity index is 931. The zero-order valence-corrected chi connectivity index (χ0v) is 12.9. The highest BCUT2D eigenvalue weighted by Crippen LogP contribution is 2.29. The molecule has 2 aromatic heterocycles. The maximum Gasteiger partial charge on any atom is 0.200 e. The Morgan fingerprint density at radius 3 is 2.77 bits per heavy atom. The van der Waals surface area contributed by atoms with Gasteiger partial charge in [-0.2, -0.15) is 0 Å². The third kappa shape index (κ3) is 2.35.